The van der Waals surface area contributed by atoms with Gasteiger partial charge in [-0.15, -0.1) is 0 Å². The van der Waals surface area contributed by atoms with E-state index in [1.54, 1.807) is 0 Å². The summed E-state index contributed by atoms with van der Waals surface area (Å²) in [5.74, 6) is 1.32. The molecular formula is C25H46O3. The third-order valence-corrected chi connectivity index (χ3v) is 8.75. The molecule has 0 aromatic rings. The molecule has 3 nitrogen and oxygen atoms in total. The van der Waals surface area contributed by atoms with Crippen LogP contribution in [-0.2, 0) is 9.53 Å². The van der Waals surface area contributed by atoms with Crippen LogP contribution in [0.5, 0.6) is 0 Å². The normalized spacial score (nSPS) is 35.8. The van der Waals surface area contributed by atoms with E-state index in [9.17, 15) is 9.90 Å². The van der Waals surface area contributed by atoms with E-state index < -0.39 is 0 Å². The van der Waals surface area contributed by atoms with Crippen LogP contribution < -0.4 is 0 Å². The second-order valence-corrected chi connectivity index (χ2v) is 11.0. The summed E-state index contributed by atoms with van der Waals surface area (Å²) in [4.78, 5) is 12.3. The number of unbranched alkanes of at least 4 members (excludes halogenated alkanes) is 1. The molecule has 2 aliphatic rings. The zero-order valence-electron chi connectivity index (χ0n) is 19.5. The first-order valence-electron chi connectivity index (χ1n) is 11.9. The average molecular weight is 395 g/mol. The average Bonchev–Trinajstić information content (AvgIpc) is 2.65. The fraction of sp³-hybridized carbons (Fsp3) is 0.960. The number of aliphatic hydroxyl groups is 1. The summed E-state index contributed by atoms with van der Waals surface area (Å²) >= 11 is 0. The van der Waals surface area contributed by atoms with Crippen molar-refractivity contribution in [2.75, 3.05) is 13.7 Å². The lowest BCUT2D eigenvalue weighted by molar-refractivity contribution is -0.163. The van der Waals surface area contributed by atoms with Gasteiger partial charge < -0.3 is 9.84 Å². The van der Waals surface area contributed by atoms with E-state index in [4.69, 9.17) is 4.74 Å². The molecule has 2 unspecified atom stereocenters. The van der Waals surface area contributed by atoms with Gasteiger partial charge in [-0.3, -0.25) is 4.79 Å². The number of aliphatic hydroxyl groups excluding tert-OH is 1. The summed E-state index contributed by atoms with van der Waals surface area (Å²) in [5.41, 5.74) is 0.494. The van der Waals surface area contributed by atoms with Crippen LogP contribution in [-0.4, -0.2) is 24.8 Å². The van der Waals surface area contributed by atoms with Crippen LogP contribution in [0.2, 0.25) is 0 Å². The van der Waals surface area contributed by atoms with Crippen LogP contribution in [0.3, 0.4) is 0 Å². The Hall–Kier alpha value is -0.570. The van der Waals surface area contributed by atoms with Crippen molar-refractivity contribution in [1.29, 1.82) is 0 Å². The highest BCUT2D eigenvalue weighted by molar-refractivity contribution is 5.70. The lowest BCUT2D eigenvalue weighted by atomic mass is 9.43. The quantitative estimate of drug-likeness (QED) is 0.462. The van der Waals surface area contributed by atoms with Crippen LogP contribution in [0.15, 0.2) is 0 Å². The topological polar surface area (TPSA) is 46.5 Å². The first-order chi connectivity index (χ1) is 13.2. The number of esters is 1. The van der Waals surface area contributed by atoms with Crippen molar-refractivity contribution in [1.82, 2.24) is 0 Å². The molecule has 2 saturated carbocycles. The minimum Gasteiger partial charge on any atom is -0.469 e. The van der Waals surface area contributed by atoms with Crippen molar-refractivity contribution in [3.8, 4) is 0 Å². The van der Waals surface area contributed by atoms with E-state index in [0.29, 0.717) is 29.6 Å². The Kier molecular flexibility index (Phi) is 8.04. The van der Waals surface area contributed by atoms with Crippen LogP contribution in [0.4, 0.5) is 0 Å². The van der Waals surface area contributed by atoms with Crippen molar-refractivity contribution in [2.24, 2.45) is 34.0 Å². The molecule has 0 aromatic carbocycles. The predicted molar refractivity (Wildman–Crippen MR) is 116 cm³/mol. The van der Waals surface area contributed by atoms with E-state index in [-0.39, 0.29) is 23.4 Å². The van der Waals surface area contributed by atoms with E-state index >= 15 is 0 Å². The molecule has 0 amide bonds. The Bertz CT molecular complexity index is 514. The van der Waals surface area contributed by atoms with Gasteiger partial charge in [0.15, 0.2) is 0 Å². The number of carbonyl (C=O) groups excluding carboxylic acids is 1. The molecule has 0 spiro atoms. The summed E-state index contributed by atoms with van der Waals surface area (Å²) in [5, 5.41) is 10.7. The van der Waals surface area contributed by atoms with Gasteiger partial charge in [-0.25, -0.2) is 0 Å². The fourth-order valence-corrected chi connectivity index (χ4v) is 6.84. The van der Waals surface area contributed by atoms with E-state index in [2.05, 4.69) is 34.6 Å². The number of rotatable bonds is 9. The number of carbonyl (C=O) groups is 1. The van der Waals surface area contributed by atoms with Crippen molar-refractivity contribution >= 4 is 5.97 Å². The molecule has 0 bridgehead atoms. The first kappa shape index (κ1) is 23.7. The minimum absolute atomic E-state index is 0.0248. The maximum absolute atomic E-state index is 12.3. The highest BCUT2D eigenvalue weighted by Gasteiger charge is 2.58. The standard InChI is InChI=1S/C25H46O3/c1-7-9-11-19(10-8-2)24(5)13-15-25(17-22(27)28-6)14-12-23(3,4)16-20(25)21(24)18-26/h19-21,26H,7-18H2,1-6H3/t19-,20?,21?,24-,25+/m0/s1. The van der Waals surface area contributed by atoms with E-state index in [1.165, 1.54) is 45.6 Å². The number of fused-ring (bicyclic) bond motifs is 1. The Morgan fingerprint density at radius 1 is 1.07 bits per heavy atom. The number of ether oxygens (including phenoxy) is 1. The Labute approximate surface area is 174 Å². The molecule has 0 radical (unpaired) electrons. The molecule has 164 valence electrons. The molecule has 28 heavy (non-hydrogen) atoms. The monoisotopic (exact) mass is 394 g/mol. The van der Waals surface area contributed by atoms with Crippen molar-refractivity contribution in [3.63, 3.8) is 0 Å². The Balaban J connectivity index is 2.40. The second-order valence-electron chi connectivity index (χ2n) is 11.0. The third kappa shape index (κ3) is 4.77. The predicted octanol–water partition coefficient (Wildman–Crippen LogP) is 6.38. The largest absolute Gasteiger partial charge is 0.469 e. The molecule has 0 saturated heterocycles. The smallest absolute Gasteiger partial charge is 0.306 e. The van der Waals surface area contributed by atoms with Gasteiger partial charge in [-0.05, 0) is 72.5 Å². The molecular weight excluding hydrogens is 348 g/mol. The molecule has 2 aliphatic carbocycles. The van der Waals surface area contributed by atoms with Crippen LogP contribution in [0.25, 0.3) is 0 Å². The Morgan fingerprint density at radius 3 is 2.32 bits per heavy atom. The van der Waals surface area contributed by atoms with Gasteiger partial charge in [-0.2, -0.15) is 0 Å². The van der Waals surface area contributed by atoms with Crippen LogP contribution in [0, 0.1) is 34.0 Å². The zero-order chi connectivity index (χ0) is 21.0. The maximum Gasteiger partial charge on any atom is 0.306 e. The lowest BCUT2D eigenvalue weighted by Crippen LogP contribution is -2.55. The summed E-state index contributed by atoms with van der Waals surface area (Å²) in [6.45, 7) is 12.0. The van der Waals surface area contributed by atoms with Gasteiger partial charge >= 0.3 is 5.97 Å². The van der Waals surface area contributed by atoms with Gasteiger partial charge in [0.2, 0.25) is 0 Å². The fourth-order valence-electron chi connectivity index (χ4n) is 6.84. The third-order valence-electron chi connectivity index (χ3n) is 8.75. The maximum atomic E-state index is 12.3. The molecule has 3 heteroatoms. The van der Waals surface area contributed by atoms with E-state index in [1.807, 2.05) is 0 Å². The zero-order valence-corrected chi connectivity index (χ0v) is 19.5. The summed E-state index contributed by atoms with van der Waals surface area (Å²) in [6.07, 6.45) is 12.4. The summed E-state index contributed by atoms with van der Waals surface area (Å²) in [6, 6.07) is 0. The van der Waals surface area contributed by atoms with Crippen molar-refractivity contribution in [3.05, 3.63) is 0 Å². The molecule has 5 atom stereocenters. The molecule has 0 heterocycles. The highest BCUT2D eigenvalue weighted by atomic mass is 16.5. The molecule has 2 fully saturated rings. The number of hydrogen-bond donors (Lipinski definition) is 1. The van der Waals surface area contributed by atoms with Gasteiger partial charge in [0.05, 0.1) is 13.5 Å². The Morgan fingerprint density at radius 2 is 1.75 bits per heavy atom. The van der Waals surface area contributed by atoms with Gasteiger partial charge in [0.1, 0.15) is 0 Å². The van der Waals surface area contributed by atoms with Crippen LogP contribution >= 0.6 is 0 Å². The van der Waals surface area contributed by atoms with E-state index in [0.717, 1.165) is 25.7 Å². The van der Waals surface area contributed by atoms with Crippen molar-refractivity contribution < 1.29 is 14.6 Å². The molecule has 0 aliphatic heterocycles. The minimum atomic E-state index is -0.0684. The molecule has 1 N–H and O–H groups in total. The van der Waals surface area contributed by atoms with Gasteiger partial charge in [0.25, 0.3) is 0 Å². The number of hydrogen-bond acceptors (Lipinski definition) is 3. The molecule has 0 aromatic heterocycles. The SMILES string of the molecule is CCCC[C@H](CCC)[C@]1(C)CC[C@@]2(CC(=O)OC)CCC(C)(C)CC2C1CO. The van der Waals surface area contributed by atoms with Gasteiger partial charge in [0, 0.05) is 6.61 Å². The lowest BCUT2D eigenvalue weighted by Gasteiger charge is -2.61. The van der Waals surface area contributed by atoms with Crippen molar-refractivity contribution in [2.45, 2.75) is 105 Å². The number of methoxy groups -OCH3 is 1. The first-order valence-corrected chi connectivity index (χ1v) is 11.9. The summed E-state index contributed by atoms with van der Waals surface area (Å²) in [7, 11) is 1.51. The van der Waals surface area contributed by atoms with Crippen LogP contribution in [0.1, 0.15) is 105 Å². The summed E-state index contributed by atoms with van der Waals surface area (Å²) < 4.78 is 5.11. The second kappa shape index (κ2) is 9.49. The van der Waals surface area contributed by atoms with Gasteiger partial charge in [-0.1, -0.05) is 60.3 Å². The molecule has 2 rings (SSSR count). The highest BCUT2D eigenvalue weighted by Crippen LogP contribution is 2.65.